The Kier molecular flexibility index (Phi) is 1.60. The third-order valence-electron chi connectivity index (χ3n) is 2.47. The molecule has 16 heavy (non-hydrogen) atoms. The highest BCUT2D eigenvalue weighted by Gasteiger charge is 2.15. The highest BCUT2D eigenvalue weighted by Crippen LogP contribution is 2.30. The molecule has 0 aliphatic rings. The first-order valence-corrected chi connectivity index (χ1v) is 4.60. The maximum atomic E-state index is 13.3. The Morgan fingerprint density at radius 3 is 2.94 bits per heavy atom. The number of aromatic nitrogens is 1. The second-order valence-corrected chi connectivity index (χ2v) is 3.45. The number of carbonyl (C=O) groups is 1. The lowest BCUT2D eigenvalue weighted by molar-refractivity contribution is 0.0691. The number of para-hydroxylation sites is 1. The van der Waals surface area contributed by atoms with Gasteiger partial charge in [-0.25, -0.2) is 9.18 Å². The van der Waals surface area contributed by atoms with E-state index >= 15 is 0 Å². The number of carboxylic acids is 1. The number of hydrogen-bond acceptors (Lipinski definition) is 2. The lowest BCUT2D eigenvalue weighted by Gasteiger charge is -1.89. The summed E-state index contributed by atoms with van der Waals surface area (Å²) < 4.78 is 18.6. The molecule has 1 aromatic carbocycles. The van der Waals surface area contributed by atoms with Crippen LogP contribution in [0.2, 0.25) is 0 Å². The van der Waals surface area contributed by atoms with Crippen LogP contribution in [0.5, 0.6) is 0 Å². The summed E-state index contributed by atoms with van der Waals surface area (Å²) in [5, 5.41) is 9.93. The van der Waals surface area contributed by atoms with Crippen LogP contribution in [0.1, 0.15) is 10.5 Å². The Morgan fingerprint density at radius 1 is 1.38 bits per heavy atom. The number of aromatic carboxylic acids is 1. The highest BCUT2D eigenvalue weighted by molar-refractivity contribution is 6.07. The van der Waals surface area contributed by atoms with Crippen LogP contribution in [0.4, 0.5) is 4.39 Å². The third-order valence-corrected chi connectivity index (χ3v) is 2.47. The minimum Gasteiger partial charge on any atom is -0.477 e. The number of fused-ring (bicyclic) bond motifs is 3. The van der Waals surface area contributed by atoms with E-state index in [1.165, 1.54) is 12.1 Å². The maximum Gasteiger partial charge on any atom is 0.352 e. The van der Waals surface area contributed by atoms with E-state index in [0.29, 0.717) is 10.8 Å². The Morgan fingerprint density at radius 2 is 2.19 bits per heavy atom. The lowest BCUT2D eigenvalue weighted by atomic mass is 10.2. The van der Waals surface area contributed by atoms with Gasteiger partial charge in [0.15, 0.2) is 11.4 Å². The topological polar surface area (TPSA) is 66.2 Å². The number of nitrogens with one attached hydrogen (secondary N) is 1. The quantitative estimate of drug-likeness (QED) is 0.661. The van der Waals surface area contributed by atoms with E-state index in [-0.39, 0.29) is 17.0 Å². The highest BCUT2D eigenvalue weighted by atomic mass is 19.1. The average molecular weight is 219 g/mol. The summed E-state index contributed by atoms with van der Waals surface area (Å²) in [6.07, 6.45) is 0. The number of H-pyrrole nitrogens is 1. The van der Waals surface area contributed by atoms with Gasteiger partial charge in [-0.05, 0) is 12.1 Å². The Bertz CT molecular complexity index is 710. The molecule has 80 valence electrons. The van der Waals surface area contributed by atoms with Crippen molar-refractivity contribution in [3.8, 4) is 0 Å². The van der Waals surface area contributed by atoms with Gasteiger partial charge in [-0.2, -0.15) is 0 Å². The summed E-state index contributed by atoms with van der Waals surface area (Å²) in [6, 6.07) is 5.97. The number of hydrogen-bond donors (Lipinski definition) is 2. The molecule has 0 aliphatic heterocycles. The van der Waals surface area contributed by atoms with Crippen LogP contribution in [0.3, 0.4) is 0 Å². The third kappa shape index (κ3) is 1.05. The minimum absolute atomic E-state index is 0.0277. The van der Waals surface area contributed by atoms with Crippen molar-refractivity contribution in [2.24, 2.45) is 0 Å². The zero-order chi connectivity index (χ0) is 11.3. The molecule has 0 radical (unpaired) electrons. The summed E-state index contributed by atoms with van der Waals surface area (Å²) in [4.78, 5) is 13.3. The van der Waals surface area contributed by atoms with Gasteiger partial charge >= 0.3 is 5.97 Å². The van der Waals surface area contributed by atoms with Crippen LogP contribution >= 0.6 is 0 Å². The molecule has 2 aromatic heterocycles. The van der Waals surface area contributed by atoms with E-state index in [9.17, 15) is 9.18 Å². The summed E-state index contributed by atoms with van der Waals surface area (Å²) in [5.41, 5.74) is 0.443. The Balaban J connectivity index is 2.43. The molecule has 0 spiro atoms. The van der Waals surface area contributed by atoms with Crippen LogP contribution in [0.15, 0.2) is 28.7 Å². The average Bonchev–Trinajstić information content (AvgIpc) is 2.76. The molecule has 2 heterocycles. The molecule has 0 fully saturated rings. The molecule has 3 aromatic rings. The molecule has 4 nitrogen and oxygen atoms in total. The smallest absolute Gasteiger partial charge is 0.352 e. The van der Waals surface area contributed by atoms with Gasteiger partial charge in [-0.3, -0.25) is 0 Å². The normalized spacial score (nSPS) is 11.3. The number of rotatable bonds is 1. The van der Waals surface area contributed by atoms with E-state index < -0.39 is 11.8 Å². The standard InChI is InChI=1S/C11H6FNO3/c12-7-3-1-2-5-6-4-8(11(14)15)13-10(6)16-9(5)7/h1-4,13H,(H,14,15). The Labute approximate surface area is 88.3 Å². The molecule has 0 unspecified atom stereocenters. The van der Waals surface area contributed by atoms with Crippen LogP contribution in [-0.4, -0.2) is 16.1 Å². The molecule has 0 saturated carbocycles. The summed E-state index contributed by atoms with van der Waals surface area (Å²) in [7, 11) is 0. The van der Waals surface area contributed by atoms with Gasteiger partial charge in [-0.1, -0.05) is 12.1 Å². The van der Waals surface area contributed by atoms with Crippen molar-refractivity contribution in [1.29, 1.82) is 0 Å². The van der Waals surface area contributed by atoms with Crippen LogP contribution < -0.4 is 0 Å². The second kappa shape index (κ2) is 2.85. The molecule has 0 atom stereocenters. The molecular weight excluding hydrogens is 213 g/mol. The van der Waals surface area contributed by atoms with Crippen molar-refractivity contribution in [1.82, 2.24) is 4.98 Å². The number of furan rings is 1. The predicted molar refractivity (Wildman–Crippen MR) is 55.0 cm³/mol. The van der Waals surface area contributed by atoms with Crippen molar-refractivity contribution in [2.45, 2.75) is 0 Å². The van der Waals surface area contributed by atoms with E-state index in [1.54, 1.807) is 12.1 Å². The zero-order valence-electron chi connectivity index (χ0n) is 7.95. The Hall–Kier alpha value is -2.30. The van der Waals surface area contributed by atoms with E-state index in [4.69, 9.17) is 9.52 Å². The molecule has 0 bridgehead atoms. The predicted octanol–water partition coefficient (Wildman–Crippen LogP) is 2.75. The van der Waals surface area contributed by atoms with Gasteiger partial charge in [0.2, 0.25) is 5.71 Å². The number of aromatic amines is 1. The molecule has 0 amide bonds. The van der Waals surface area contributed by atoms with Crippen molar-refractivity contribution in [3.63, 3.8) is 0 Å². The first-order chi connectivity index (χ1) is 7.66. The van der Waals surface area contributed by atoms with Crippen molar-refractivity contribution in [3.05, 3.63) is 35.8 Å². The summed E-state index contributed by atoms with van der Waals surface area (Å²) in [6.45, 7) is 0. The molecule has 3 rings (SSSR count). The first kappa shape index (κ1) is 8.96. The number of carboxylic acid groups (broad SMARTS) is 1. The fourth-order valence-electron chi connectivity index (χ4n) is 1.76. The van der Waals surface area contributed by atoms with Gasteiger partial charge in [-0.15, -0.1) is 0 Å². The van der Waals surface area contributed by atoms with Gasteiger partial charge in [0.05, 0.1) is 0 Å². The van der Waals surface area contributed by atoms with Crippen LogP contribution in [0.25, 0.3) is 22.1 Å². The van der Waals surface area contributed by atoms with E-state index in [0.717, 1.165) is 0 Å². The van der Waals surface area contributed by atoms with Gasteiger partial charge < -0.3 is 14.5 Å². The fraction of sp³-hybridized carbons (Fsp3) is 0. The number of halogens is 1. The van der Waals surface area contributed by atoms with Crippen LogP contribution in [-0.2, 0) is 0 Å². The van der Waals surface area contributed by atoms with Gasteiger partial charge in [0, 0.05) is 10.8 Å². The van der Waals surface area contributed by atoms with E-state index in [2.05, 4.69) is 4.98 Å². The first-order valence-electron chi connectivity index (χ1n) is 4.60. The summed E-state index contributed by atoms with van der Waals surface area (Å²) >= 11 is 0. The van der Waals surface area contributed by atoms with Crippen molar-refractivity contribution < 1.29 is 18.7 Å². The zero-order valence-corrected chi connectivity index (χ0v) is 7.95. The van der Waals surface area contributed by atoms with Crippen LogP contribution in [0, 0.1) is 5.82 Å². The summed E-state index contributed by atoms with van der Waals surface area (Å²) in [5.74, 6) is -1.53. The van der Waals surface area contributed by atoms with E-state index in [1.807, 2.05) is 0 Å². The fourth-order valence-corrected chi connectivity index (χ4v) is 1.76. The molecule has 5 heteroatoms. The van der Waals surface area contributed by atoms with Gasteiger partial charge in [0.25, 0.3) is 0 Å². The van der Waals surface area contributed by atoms with Gasteiger partial charge in [0.1, 0.15) is 5.69 Å². The molecule has 2 N–H and O–H groups in total. The van der Waals surface area contributed by atoms with Crippen molar-refractivity contribution in [2.75, 3.05) is 0 Å². The minimum atomic E-state index is -1.07. The molecule has 0 saturated heterocycles. The maximum absolute atomic E-state index is 13.3. The largest absolute Gasteiger partial charge is 0.477 e. The monoisotopic (exact) mass is 219 g/mol. The second-order valence-electron chi connectivity index (χ2n) is 3.45. The van der Waals surface area contributed by atoms with Crippen molar-refractivity contribution >= 4 is 28.0 Å². The molecule has 0 aliphatic carbocycles. The lowest BCUT2D eigenvalue weighted by Crippen LogP contribution is -1.94. The molecular formula is C11H6FNO3. The SMILES string of the molecule is O=C(O)c1cc2c([nH]1)oc1c(F)cccc12. The number of benzene rings is 1.